The van der Waals surface area contributed by atoms with Crippen LogP contribution in [0.5, 0.6) is 0 Å². The molecule has 0 aliphatic carbocycles. The first-order valence-electron chi connectivity index (χ1n) is 5.10. The van der Waals surface area contributed by atoms with E-state index in [4.69, 9.17) is 0 Å². The number of aliphatic hydroxyl groups excluding tert-OH is 1. The summed E-state index contributed by atoms with van der Waals surface area (Å²) in [5.74, 6) is 0.677. The fourth-order valence-electron chi connectivity index (χ4n) is 1.99. The maximum absolute atomic E-state index is 9.65. The molecule has 0 fully saturated rings. The molecule has 0 aliphatic rings. The largest absolute Gasteiger partial charge is 0.393 e. The van der Waals surface area contributed by atoms with Crippen molar-refractivity contribution in [2.75, 3.05) is 0 Å². The first-order chi connectivity index (χ1) is 5.42. The first kappa shape index (κ1) is 12.0. The van der Waals surface area contributed by atoms with Crippen molar-refractivity contribution in [3.8, 4) is 0 Å². The molecule has 1 nitrogen and oxygen atoms in total. The van der Waals surface area contributed by atoms with Gasteiger partial charge in [0.25, 0.3) is 0 Å². The van der Waals surface area contributed by atoms with Crippen molar-refractivity contribution in [2.45, 2.75) is 60.0 Å². The average molecular weight is 172 g/mol. The molecule has 0 saturated heterocycles. The van der Waals surface area contributed by atoms with E-state index in [9.17, 15) is 5.11 Å². The van der Waals surface area contributed by atoms with Gasteiger partial charge in [0.1, 0.15) is 0 Å². The highest BCUT2D eigenvalue weighted by Gasteiger charge is 2.29. The van der Waals surface area contributed by atoms with E-state index in [1.54, 1.807) is 0 Å². The lowest BCUT2D eigenvalue weighted by Crippen LogP contribution is -2.31. The van der Waals surface area contributed by atoms with Crippen molar-refractivity contribution >= 4 is 0 Å². The topological polar surface area (TPSA) is 20.2 Å². The third-order valence-corrected chi connectivity index (χ3v) is 2.70. The van der Waals surface area contributed by atoms with Gasteiger partial charge >= 0.3 is 0 Å². The summed E-state index contributed by atoms with van der Waals surface area (Å²) in [4.78, 5) is 0. The van der Waals surface area contributed by atoms with Gasteiger partial charge in [-0.1, -0.05) is 34.1 Å². The third-order valence-electron chi connectivity index (χ3n) is 2.70. The minimum atomic E-state index is -0.181. The van der Waals surface area contributed by atoms with Crippen molar-refractivity contribution in [3.05, 3.63) is 0 Å². The van der Waals surface area contributed by atoms with Gasteiger partial charge in [0, 0.05) is 0 Å². The Kier molecular flexibility index (Phi) is 4.84. The monoisotopic (exact) mass is 172 g/mol. The molecule has 0 amide bonds. The molecule has 0 bridgehead atoms. The Bertz CT molecular complexity index is 118. The van der Waals surface area contributed by atoms with Crippen LogP contribution in [0.15, 0.2) is 0 Å². The predicted molar refractivity (Wildman–Crippen MR) is 54.2 cm³/mol. The van der Waals surface area contributed by atoms with Crippen LogP contribution >= 0.6 is 0 Å². The van der Waals surface area contributed by atoms with Crippen LogP contribution in [-0.2, 0) is 0 Å². The Balaban J connectivity index is 4.18. The molecule has 1 heteroatoms. The predicted octanol–water partition coefficient (Wildman–Crippen LogP) is 3.22. The van der Waals surface area contributed by atoms with Crippen LogP contribution in [0.3, 0.4) is 0 Å². The molecule has 0 aliphatic heterocycles. The zero-order chi connectivity index (χ0) is 9.78. The van der Waals surface area contributed by atoms with E-state index in [1.807, 2.05) is 6.92 Å². The van der Waals surface area contributed by atoms with E-state index in [0.717, 1.165) is 19.3 Å². The molecule has 12 heavy (non-hydrogen) atoms. The van der Waals surface area contributed by atoms with Crippen molar-refractivity contribution in [1.29, 1.82) is 0 Å². The molecule has 0 rings (SSSR count). The Morgan fingerprint density at radius 1 is 1.25 bits per heavy atom. The maximum atomic E-state index is 9.65. The molecule has 0 aromatic rings. The summed E-state index contributed by atoms with van der Waals surface area (Å²) in [5, 5.41) is 9.65. The number of aliphatic hydroxyl groups is 1. The zero-order valence-electron chi connectivity index (χ0n) is 9.22. The van der Waals surface area contributed by atoms with Gasteiger partial charge in [-0.15, -0.1) is 0 Å². The van der Waals surface area contributed by atoms with Gasteiger partial charge in [0.05, 0.1) is 6.10 Å². The summed E-state index contributed by atoms with van der Waals surface area (Å²) in [6, 6.07) is 0. The van der Waals surface area contributed by atoms with E-state index < -0.39 is 0 Å². The lowest BCUT2D eigenvalue weighted by Gasteiger charge is -2.34. The van der Waals surface area contributed by atoms with Gasteiger partial charge in [-0.25, -0.2) is 0 Å². The van der Waals surface area contributed by atoms with Crippen molar-refractivity contribution in [1.82, 2.24) is 0 Å². The van der Waals surface area contributed by atoms with Crippen LogP contribution in [0.4, 0.5) is 0 Å². The normalized spacial score (nSPS) is 19.2. The molecule has 2 unspecified atom stereocenters. The number of hydrogen-bond donors (Lipinski definition) is 1. The lowest BCUT2D eigenvalue weighted by atomic mass is 9.74. The van der Waals surface area contributed by atoms with Gasteiger partial charge in [0.15, 0.2) is 0 Å². The second kappa shape index (κ2) is 4.86. The van der Waals surface area contributed by atoms with E-state index in [2.05, 4.69) is 27.7 Å². The van der Waals surface area contributed by atoms with Crippen LogP contribution < -0.4 is 0 Å². The summed E-state index contributed by atoms with van der Waals surface area (Å²) >= 11 is 0. The highest BCUT2D eigenvalue weighted by molar-refractivity contribution is 4.80. The smallest absolute Gasteiger partial charge is 0.0565 e. The van der Waals surface area contributed by atoms with Gasteiger partial charge in [-0.05, 0) is 31.1 Å². The zero-order valence-corrected chi connectivity index (χ0v) is 9.22. The quantitative estimate of drug-likeness (QED) is 0.675. The first-order valence-corrected chi connectivity index (χ1v) is 5.10. The van der Waals surface area contributed by atoms with Gasteiger partial charge < -0.3 is 5.11 Å². The molecular formula is C11H24O. The fourth-order valence-corrected chi connectivity index (χ4v) is 1.99. The van der Waals surface area contributed by atoms with Gasteiger partial charge in [-0.2, -0.15) is 0 Å². The summed E-state index contributed by atoms with van der Waals surface area (Å²) in [7, 11) is 0. The van der Waals surface area contributed by atoms with Crippen molar-refractivity contribution in [3.63, 3.8) is 0 Å². The summed E-state index contributed by atoms with van der Waals surface area (Å²) in [5.41, 5.74) is 0.128. The molecule has 0 saturated carbocycles. The van der Waals surface area contributed by atoms with Gasteiger partial charge in [0.2, 0.25) is 0 Å². The second-order valence-electron chi connectivity index (χ2n) is 4.68. The van der Waals surface area contributed by atoms with Crippen LogP contribution in [0.1, 0.15) is 53.9 Å². The second-order valence-corrected chi connectivity index (χ2v) is 4.68. The summed E-state index contributed by atoms with van der Waals surface area (Å²) in [6.07, 6.45) is 3.23. The average Bonchev–Trinajstić information content (AvgIpc) is 1.85. The van der Waals surface area contributed by atoms with E-state index in [-0.39, 0.29) is 11.5 Å². The Labute approximate surface area is 77.2 Å². The molecule has 1 N–H and O–H groups in total. The molecule has 2 atom stereocenters. The highest BCUT2D eigenvalue weighted by Crippen LogP contribution is 2.34. The van der Waals surface area contributed by atoms with Gasteiger partial charge in [-0.3, -0.25) is 0 Å². The third kappa shape index (κ3) is 3.57. The highest BCUT2D eigenvalue weighted by atomic mass is 16.3. The Morgan fingerprint density at radius 3 is 2.00 bits per heavy atom. The van der Waals surface area contributed by atoms with E-state index in [0.29, 0.717) is 5.92 Å². The Morgan fingerprint density at radius 2 is 1.75 bits per heavy atom. The SMILES string of the molecule is CCCC(C)(CC(C)C)C(C)O. The molecule has 0 aromatic carbocycles. The van der Waals surface area contributed by atoms with Crippen LogP contribution in [0.2, 0.25) is 0 Å². The van der Waals surface area contributed by atoms with E-state index in [1.165, 1.54) is 0 Å². The van der Waals surface area contributed by atoms with E-state index >= 15 is 0 Å². The fraction of sp³-hybridized carbons (Fsp3) is 1.00. The minimum Gasteiger partial charge on any atom is -0.393 e. The molecule has 0 aromatic heterocycles. The van der Waals surface area contributed by atoms with Crippen LogP contribution in [0, 0.1) is 11.3 Å². The maximum Gasteiger partial charge on any atom is 0.0565 e. The van der Waals surface area contributed by atoms with Crippen LogP contribution in [0.25, 0.3) is 0 Å². The van der Waals surface area contributed by atoms with Crippen molar-refractivity contribution < 1.29 is 5.11 Å². The molecule has 0 heterocycles. The summed E-state index contributed by atoms with van der Waals surface area (Å²) in [6.45, 7) is 10.7. The summed E-state index contributed by atoms with van der Waals surface area (Å²) < 4.78 is 0. The molecule has 0 spiro atoms. The molecule has 74 valence electrons. The minimum absolute atomic E-state index is 0.128. The van der Waals surface area contributed by atoms with Crippen LogP contribution in [-0.4, -0.2) is 11.2 Å². The number of hydrogen-bond acceptors (Lipinski definition) is 1. The van der Waals surface area contributed by atoms with Crippen molar-refractivity contribution in [2.24, 2.45) is 11.3 Å². The lowest BCUT2D eigenvalue weighted by molar-refractivity contribution is 0.0287. The molecule has 0 radical (unpaired) electrons. The molecular weight excluding hydrogens is 148 g/mol. The number of rotatable bonds is 5. The Hall–Kier alpha value is -0.0400. The standard InChI is InChI=1S/C11H24O/c1-6-7-11(5,10(4)12)8-9(2)3/h9-10,12H,6-8H2,1-5H3.